The number of rotatable bonds is 2. The Bertz CT molecular complexity index is 787. The average molecular weight is 365 g/mol. The highest BCUT2D eigenvalue weighted by atomic mass is 79.9. The van der Waals surface area contributed by atoms with Gasteiger partial charge in [-0.3, -0.25) is 9.59 Å². The third-order valence-corrected chi connectivity index (χ3v) is 3.94. The van der Waals surface area contributed by atoms with Crippen LogP contribution in [0.3, 0.4) is 0 Å². The first-order valence-electron chi connectivity index (χ1n) is 5.89. The zero-order valence-electron chi connectivity index (χ0n) is 10.4. The fraction of sp³-hybridized carbons (Fsp3) is 0. The van der Waals surface area contributed by atoms with Crippen molar-refractivity contribution in [2.75, 3.05) is 5.32 Å². The molecule has 5 nitrogen and oxygen atoms in total. The molecule has 0 aliphatic heterocycles. The summed E-state index contributed by atoms with van der Waals surface area (Å²) in [5, 5.41) is 3.51. The van der Waals surface area contributed by atoms with Crippen LogP contribution in [0.1, 0.15) is 20.8 Å². The van der Waals surface area contributed by atoms with Crippen LogP contribution in [0.2, 0.25) is 5.02 Å². The summed E-state index contributed by atoms with van der Waals surface area (Å²) in [4.78, 5) is 32.3. The number of carbonyl (C=O) groups is 2. The number of Topliss-reactive ketones (excluding diaryl/α,β-unsaturated/α-hetero) is 2. The molecule has 0 atom stereocenters. The number of fused-ring (bicyclic) bond motifs is 1. The van der Waals surface area contributed by atoms with Gasteiger partial charge in [-0.1, -0.05) is 11.6 Å². The molecule has 1 aromatic carbocycles. The van der Waals surface area contributed by atoms with E-state index < -0.39 is 0 Å². The molecule has 0 fully saturated rings. The van der Waals surface area contributed by atoms with Crippen molar-refractivity contribution in [3.8, 4) is 0 Å². The van der Waals surface area contributed by atoms with Gasteiger partial charge in [0.2, 0.25) is 11.6 Å². The SMILES string of the molecule is O=C1C(Nc2ccc(Cl)cc2)=C(Br)C(=O)c2ncncc21. The first-order valence-corrected chi connectivity index (χ1v) is 7.07. The van der Waals surface area contributed by atoms with E-state index >= 15 is 0 Å². The Morgan fingerprint density at radius 2 is 1.81 bits per heavy atom. The largest absolute Gasteiger partial charge is 0.351 e. The number of anilines is 1. The molecule has 1 aromatic heterocycles. The summed E-state index contributed by atoms with van der Waals surface area (Å²) in [5.41, 5.74) is 1.09. The summed E-state index contributed by atoms with van der Waals surface area (Å²) in [5.74, 6) is -0.699. The molecule has 1 heterocycles. The molecule has 0 radical (unpaired) electrons. The monoisotopic (exact) mass is 363 g/mol. The van der Waals surface area contributed by atoms with E-state index in [4.69, 9.17) is 11.6 Å². The number of ketones is 2. The van der Waals surface area contributed by atoms with E-state index in [1.165, 1.54) is 12.5 Å². The third-order valence-electron chi connectivity index (χ3n) is 2.93. The molecular weight excluding hydrogens is 358 g/mol. The van der Waals surface area contributed by atoms with Crippen molar-refractivity contribution in [1.29, 1.82) is 0 Å². The summed E-state index contributed by atoms with van der Waals surface area (Å²) in [6, 6.07) is 6.80. The lowest BCUT2D eigenvalue weighted by atomic mass is 9.98. The molecule has 0 saturated carbocycles. The molecule has 21 heavy (non-hydrogen) atoms. The fourth-order valence-corrected chi connectivity index (χ4v) is 2.51. The van der Waals surface area contributed by atoms with Gasteiger partial charge in [-0.25, -0.2) is 9.97 Å². The lowest BCUT2D eigenvalue weighted by Gasteiger charge is -2.18. The molecule has 0 saturated heterocycles. The molecule has 3 rings (SSSR count). The van der Waals surface area contributed by atoms with E-state index in [0.717, 1.165) is 0 Å². The van der Waals surface area contributed by atoms with Crippen molar-refractivity contribution in [2.24, 2.45) is 0 Å². The topological polar surface area (TPSA) is 72.0 Å². The highest BCUT2D eigenvalue weighted by molar-refractivity contribution is 9.12. The van der Waals surface area contributed by atoms with Crippen LogP contribution in [0.25, 0.3) is 0 Å². The Morgan fingerprint density at radius 1 is 1.10 bits per heavy atom. The fourth-order valence-electron chi connectivity index (χ4n) is 1.92. The van der Waals surface area contributed by atoms with Crippen LogP contribution in [0.4, 0.5) is 5.69 Å². The van der Waals surface area contributed by atoms with E-state index in [1.807, 2.05) is 0 Å². The average Bonchev–Trinajstić information content (AvgIpc) is 2.51. The molecule has 0 spiro atoms. The third kappa shape index (κ3) is 2.48. The second kappa shape index (κ2) is 5.38. The molecule has 1 N–H and O–H groups in total. The van der Waals surface area contributed by atoms with Crippen molar-refractivity contribution in [3.05, 3.63) is 63.2 Å². The maximum Gasteiger partial charge on any atom is 0.221 e. The molecule has 104 valence electrons. The predicted octanol–water partition coefficient (Wildman–Crippen LogP) is 3.23. The van der Waals surface area contributed by atoms with Gasteiger partial charge in [-0.15, -0.1) is 0 Å². The molecule has 1 aliphatic carbocycles. The minimum Gasteiger partial charge on any atom is -0.351 e. The summed E-state index contributed by atoms with van der Waals surface area (Å²) in [7, 11) is 0. The van der Waals surface area contributed by atoms with Gasteiger partial charge in [0.15, 0.2) is 0 Å². The molecule has 0 unspecified atom stereocenters. The van der Waals surface area contributed by atoms with Gasteiger partial charge in [0.25, 0.3) is 0 Å². The Balaban J connectivity index is 2.02. The Kier molecular flexibility index (Phi) is 3.57. The van der Waals surface area contributed by atoms with E-state index in [1.54, 1.807) is 24.3 Å². The normalized spacial score (nSPS) is 14.2. The van der Waals surface area contributed by atoms with Gasteiger partial charge >= 0.3 is 0 Å². The number of allylic oxidation sites excluding steroid dienone is 2. The Labute approximate surface area is 133 Å². The number of nitrogens with zero attached hydrogens (tertiary/aromatic N) is 2. The Morgan fingerprint density at radius 3 is 2.52 bits per heavy atom. The smallest absolute Gasteiger partial charge is 0.221 e. The van der Waals surface area contributed by atoms with Crippen LogP contribution >= 0.6 is 27.5 Å². The second-order valence-electron chi connectivity index (χ2n) is 4.26. The van der Waals surface area contributed by atoms with E-state index in [-0.39, 0.29) is 33.0 Å². The highest BCUT2D eigenvalue weighted by Gasteiger charge is 2.32. The van der Waals surface area contributed by atoms with Crippen molar-refractivity contribution >= 4 is 44.8 Å². The lowest BCUT2D eigenvalue weighted by molar-refractivity contribution is 0.0979. The number of benzene rings is 1. The summed E-state index contributed by atoms with van der Waals surface area (Å²) in [6.45, 7) is 0. The molecular formula is C14H7BrClN3O2. The first kappa shape index (κ1) is 13.9. The van der Waals surface area contributed by atoms with Gasteiger partial charge in [0.1, 0.15) is 17.7 Å². The van der Waals surface area contributed by atoms with Crippen molar-refractivity contribution < 1.29 is 9.59 Å². The van der Waals surface area contributed by atoms with E-state index in [0.29, 0.717) is 10.7 Å². The number of aromatic nitrogens is 2. The lowest BCUT2D eigenvalue weighted by Crippen LogP contribution is -2.25. The van der Waals surface area contributed by atoms with Gasteiger partial charge in [0, 0.05) is 16.9 Å². The quantitative estimate of drug-likeness (QED) is 0.886. The van der Waals surface area contributed by atoms with Gasteiger partial charge in [-0.2, -0.15) is 0 Å². The second-order valence-corrected chi connectivity index (χ2v) is 5.49. The molecule has 2 aromatic rings. The van der Waals surface area contributed by atoms with E-state index in [2.05, 4.69) is 31.2 Å². The molecule has 7 heteroatoms. The number of halogens is 2. The summed E-state index contributed by atoms with van der Waals surface area (Å²) < 4.78 is 0.147. The molecule has 1 aliphatic rings. The minimum atomic E-state index is -0.358. The van der Waals surface area contributed by atoms with E-state index in [9.17, 15) is 9.59 Å². The zero-order valence-corrected chi connectivity index (χ0v) is 12.8. The highest BCUT2D eigenvalue weighted by Crippen LogP contribution is 2.29. The summed E-state index contributed by atoms with van der Waals surface area (Å²) >= 11 is 8.98. The van der Waals surface area contributed by atoms with Crippen LogP contribution in [-0.4, -0.2) is 21.5 Å². The predicted molar refractivity (Wildman–Crippen MR) is 81.7 cm³/mol. The maximum atomic E-state index is 12.4. The number of hydrogen-bond donors (Lipinski definition) is 1. The van der Waals surface area contributed by atoms with Crippen LogP contribution in [0.5, 0.6) is 0 Å². The Hall–Kier alpha value is -2.05. The van der Waals surface area contributed by atoms with Crippen molar-refractivity contribution in [1.82, 2.24) is 9.97 Å². The maximum absolute atomic E-state index is 12.4. The van der Waals surface area contributed by atoms with Crippen LogP contribution < -0.4 is 5.32 Å². The van der Waals surface area contributed by atoms with Gasteiger partial charge in [-0.05, 0) is 40.2 Å². The minimum absolute atomic E-state index is 0.100. The number of carbonyl (C=O) groups excluding carboxylic acids is 2. The van der Waals surface area contributed by atoms with Crippen molar-refractivity contribution in [3.63, 3.8) is 0 Å². The van der Waals surface area contributed by atoms with Crippen LogP contribution in [-0.2, 0) is 0 Å². The number of hydrogen-bond acceptors (Lipinski definition) is 5. The van der Waals surface area contributed by atoms with Crippen LogP contribution in [0, 0.1) is 0 Å². The molecule has 0 bridgehead atoms. The van der Waals surface area contributed by atoms with Gasteiger partial charge < -0.3 is 5.32 Å². The molecule has 0 amide bonds. The zero-order chi connectivity index (χ0) is 15.0. The van der Waals surface area contributed by atoms with Crippen LogP contribution in [0.15, 0.2) is 47.0 Å². The first-order chi connectivity index (χ1) is 10.1. The van der Waals surface area contributed by atoms with Gasteiger partial charge in [0.05, 0.1) is 10.0 Å². The standard InChI is InChI=1S/C14H7BrClN3O2/c15-10-12(19-8-3-1-7(16)2-4-8)13(20)9-5-17-6-18-11(9)14(10)21/h1-6,19H. The number of nitrogens with one attached hydrogen (secondary N) is 1. The summed E-state index contributed by atoms with van der Waals surface area (Å²) in [6.07, 6.45) is 2.58. The van der Waals surface area contributed by atoms with Crippen molar-refractivity contribution in [2.45, 2.75) is 0 Å².